The lowest BCUT2D eigenvalue weighted by molar-refractivity contribution is -0.122. The summed E-state index contributed by atoms with van der Waals surface area (Å²) in [5.74, 6) is 3.38. The molecule has 1 amide bonds. The number of hydrogen-bond donors (Lipinski definition) is 1. The van der Waals surface area contributed by atoms with Crippen molar-refractivity contribution in [3.05, 3.63) is 60.2 Å². The van der Waals surface area contributed by atoms with Crippen LogP contribution in [0.4, 0.5) is 0 Å². The third-order valence-electron chi connectivity index (χ3n) is 5.45. The molecule has 1 rings (SSSR count). The summed E-state index contributed by atoms with van der Waals surface area (Å²) in [5.41, 5.74) is 0.716. The fourth-order valence-corrected chi connectivity index (χ4v) is 4.61. The fourth-order valence-electron chi connectivity index (χ4n) is 3.39. The van der Waals surface area contributed by atoms with E-state index in [1.165, 1.54) is 6.20 Å². The summed E-state index contributed by atoms with van der Waals surface area (Å²) in [5, 5.41) is 2.92. The molecule has 7 heteroatoms. The molecule has 206 valence electrons. The van der Waals surface area contributed by atoms with Gasteiger partial charge in [-0.25, -0.2) is 4.99 Å². The molecule has 0 radical (unpaired) electrons. The molecule has 1 aliphatic rings. The Balaban J connectivity index is 0.00000631. The van der Waals surface area contributed by atoms with E-state index in [0.29, 0.717) is 17.3 Å². The van der Waals surface area contributed by atoms with E-state index in [4.69, 9.17) is 0 Å². The number of carbonyl (C=O) groups is 1. The second kappa shape index (κ2) is 19.4. The van der Waals surface area contributed by atoms with Crippen LogP contribution >= 0.6 is 0 Å². The molecule has 3 unspecified atom stereocenters. The Hall–Kier alpha value is -2.69. The molecule has 0 fully saturated rings. The summed E-state index contributed by atoms with van der Waals surface area (Å²) in [6, 6.07) is 2.90. The Morgan fingerprint density at radius 1 is 1.32 bits per heavy atom. The van der Waals surface area contributed by atoms with Gasteiger partial charge in [0.15, 0.2) is 0 Å². The molecule has 1 heterocycles. The predicted molar refractivity (Wildman–Crippen MR) is 161 cm³/mol. The van der Waals surface area contributed by atoms with Gasteiger partial charge in [0.2, 0.25) is 5.91 Å². The van der Waals surface area contributed by atoms with Crippen LogP contribution in [0.2, 0.25) is 0 Å². The van der Waals surface area contributed by atoms with Crippen LogP contribution < -0.4 is 5.32 Å². The first kappa shape index (κ1) is 34.3. The minimum absolute atomic E-state index is 0.0493. The Bertz CT molecular complexity index is 950. The molecule has 0 spiro atoms. The van der Waals surface area contributed by atoms with Crippen molar-refractivity contribution in [1.82, 2.24) is 15.1 Å². The molecule has 37 heavy (non-hydrogen) atoms. The van der Waals surface area contributed by atoms with E-state index in [9.17, 15) is 9.00 Å². The second-order valence-electron chi connectivity index (χ2n) is 8.91. The van der Waals surface area contributed by atoms with E-state index in [1.807, 2.05) is 45.9 Å². The van der Waals surface area contributed by atoms with Gasteiger partial charge in [-0.1, -0.05) is 78.8 Å². The molecule has 0 aromatic rings. The molecule has 1 N–H and O–H groups in total. The number of aliphatic imine (C=N–C) groups is 1. The largest absolute Gasteiger partial charge is 0.351 e. The Morgan fingerprint density at radius 3 is 2.57 bits per heavy atom. The van der Waals surface area contributed by atoms with Gasteiger partial charge in [0.05, 0.1) is 10.8 Å². The number of amidine groups is 1. The summed E-state index contributed by atoms with van der Waals surface area (Å²) in [4.78, 5) is 21.5. The third kappa shape index (κ3) is 13.4. The summed E-state index contributed by atoms with van der Waals surface area (Å²) in [7, 11) is 0.671. The molecule has 3 atom stereocenters. The van der Waals surface area contributed by atoms with Crippen molar-refractivity contribution in [2.45, 2.75) is 60.1 Å². The summed E-state index contributed by atoms with van der Waals surface area (Å²) in [6.45, 7) is 25.4. The van der Waals surface area contributed by atoms with Crippen LogP contribution in [0.25, 0.3) is 0 Å². The van der Waals surface area contributed by atoms with Crippen LogP contribution in [0, 0.1) is 23.8 Å². The van der Waals surface area contributed by atoms with Gasteiger partial charge in [0, 0.05) is 42.5 Å². The molecule has 0 saturated carbocycles. The van der Waals surface area contributed by atoms with E-state index in [0.717, 1.165) is 31.0 Å². The van der Waals surface area contributed by atoms with Crippen molar-refractivity contribution in [2.24, 2.45) is 16.8 Å². The maximum atomic E-state index is 13.0. The van der Waals surface area contributed by atoms with E-state index in [2.05, 4.69) is 61.1 Å². The molecule has 1 aliphatic heterocycles. The van der Waals surface area contributed by atoms with Gasteiger partial charge in [-0.05, 0) is 50.1 Å². The first-order valence-corrected chi connectivity index (χ1v) is 14.4. The first-order valence-electron chi connectivity index (χ1n) is 13.2. The lowest BCUT2D eigenvalue weighted by Crippen LogP contribution is -2.31. The van der Waals surface area contributed by atoms with Crippen molar-refractivity contribution in [2.75, 3.05) is 33.2 Å². The van der Waals surface area contributed by atoms with E-state index < -0.39 is 16.7 Å². The summed E-state index contributed by atoms with van der Waals surface area (Å²) < 4.78 is 13.0. The summed E-state index contributed by atoms with van der Waals surface area (Å²) in [6.07, 6.45) is 11.3. The molecule has 0 saturated heterocycles. The molecule has 0 aliphatic carbocycles. The van der Waals surface area contributed by atoms with Gasteiger partial charge in [-0.3, -0.25) is 13.9 Å². The second-order valence-corrected chi connectivity index (χ2v) is 10.8. The maximum absolute atomic E-state index is 13.0. The fraction of sp³-hybridized carbons (Fsp3) is 0.533. The van der Waals surface area contributed by atoms with Crippen LogP contribution in [0.3, 0.4) is 0 Å². The smallest absolute Gasteiger partial charge is 0.239 e. The SMILES string of the molecule is C=CN=C1C=CC(C(=O)NCC(=C)/C=C\C(=C/C)S(=O)C(C)CCN(CC)CC(C)C)C#CN1C.CC. The topological polar surface area (TPSA) is 65.0 Å². The highest BCUT2D eigenvalue weighted by Gasteiger charge is 2.17. The molecular weight excluding hydrogens is 480 g/mol. The maximum Gasteiger partial charge on any atom is 0.239 e. The van der Waals surface area contributed by atoms with Crippen LogP contribution in [-0.2, 0) is 15.6 Å². The van der Waals surface area contributed by atoms with Gasteiger partial charge < -0.3 is 10.2 Å². The van der Waals surface area contributed by atoms with Crippen molar-refractivity contribution in [3.63, 3.8) is 0 Å². The monoisotopic (exact) mass is 528 g/mol. The van der Waals surface area contributed by atoms with Crippen LogP contribution in [0.5, 0.6) is 0 Å². The first-order chi connectivity index (χ1) is 17.6. The van der Waals surface area contributed by atoms with Crippen molar-refractivity contribution >= 4 is 22.5 Å². The van der Waals surface area contributed by atoms with Crippen LogP contribution in [-0.4, -0.2) is 64.2 Å². The van der Waals surface area contributed by atoms with Gasteiger partial charge >= 0.3 is 0 Å². The number of allylic oxidation sites excluding steroid dienone is 2. The highest BCUT2D eigenvalue weighted by molar-refractivity contribution is 7.89. The third-order valence-corrected chi connectivity index (χ3v) is 7.26. The van der Waals surface area contributed by atoms with Crippen molar-refractivity contribution in [3.8, 4) is 12.0 Å². The molecular formula is C30H48N4O2S. The molecule has 0 bridgehead atoms. The number of likely N-dealkylation sites (N-methyl/N-ethyl adjacent to an activating group) is 1. The Labute approximate surface area is 228 Å². The Kier molecular flexibility index (Phi) is 18.0. The van der Waals surface area contributed by atoms with Crippen LogP contribution in [0.1, 0.15) is 54.9 Å². The lowest BCUT2D eigenvalue weighted by Gasteiger charge is -2.24. The Morgan fingerprint density at radius 2 is 2.00 bits per heavy atom. The average molecular weight is 529 g/mol. The zero-order chi connectivity index (χ0) is 28.4. The predicted octanol–water partition coefficient (Wildman–Crippen LogP) is 5.27. The average Bonchev–Trinajstić information content (AvgIpc) is 3.07. The number of carbonyl (C=O) groups excluding carboxylic acids is 1. The number of nitrogens with zero attached hydrogens (tertiary/aromatic N) is 3. The normalized spacial score (nSPS) is 18.1. The zero-order valence-corrected chi connectivity index (χ0v) is 25.0. The van der Waals surface area contributed by atoms with Crippen molar-refractivity contribution < 1.29 is 9.00 Å². The van der Waals surface area contributed by atoms with Gasteiger partial charge in [0.1, 0.15) is 11.8 Å². The zero-order valence-electron chi connectivity index (χ0n) is 24.2. The number of hydrogen-bond acceptors (Lipinski definition) is 4. The van der Waals surface area contributed by atoms with Gasteiger partial charge in [-0.15, -0.1) is 0 Å². The van der Waals surface area contributed by atoms with Crippen LogP contribution in [0.15, 0.2) is 65.2 Å². The quantitative estimate of drug-likeness (QED) is 0.246. The number of nitrogens with one attached hydrogen (secondary N) is 1. The molecule has 0 aromatic heterocycles. The molecule has 6 nitrogen and oxygen atoms in total. The van der Waals surface area contributed by atoms with E-state index in [1.54, 1.807) is 24.1 Å². The van der Waals surface area contributed by atoms with Crippen molar-refractivity contribution in [1.29, 1.82) is 0 Å². The van der Waals surface area contributed by atoms with E-state index in [-0.39, 0.29) is 17.7 Å². The highest BCUT2D eigenvalue weighted by Crippen LogP contribution is 2.15. The van der Waals surface area contributed by atoms with Gasteiger partial charge in [0.25, 0.3) is 0 Å². The van der Waals surface area contributed by atoms with Gasteiger partial charge in [-0.2, -0.15) is 0 Å². The number of rotatable bonds is 14. The highest BCUT2D eigenvalue weighted by atomic mass is 32.2. The minimum atomic E-state index is -1.11. The summed E-state index contributed by atoms with van der Waals surface area (Å²) >= 11 is 0. The lowest BCUT2D eigenvalue weighted by atomic mass is 10.1. The standard InChI is InChI=1S/C28H42N4O2S.C2H6/c1-9-26(35(34)24(7)16-19-32(11-3)21-22(4)5)14-12-23(6)20-30-28(33)25-13-15-27(29-10-2)31(8)18-17-25;1-2/h9-10,12-15,22,24-25H,2,6,11,16,19-21H2,1,3-5,7-8H3,(H,30,33);1-2H3/b14-12-,26-9+,29-27?;. The number of amides is 1. The van der Waals surface area contributed by atoms with E-state index >= 15 is 0 Å². The molecule has 0 aromatic carbocycles. The minimum Gasteiger partial charge on any atom is -0.351 e.